The molecule has 2 aromatic rings. The Morgan fingerprint density at radius 1 is 1.27 bits per heavy atom. The number of pyridine rings is 1. The predicted molar refractivity (Wildman–Crippen MR) is 114 cm³/mol. The van der Waals surface area contributed by atoms with Crippen LogP contribution in [-0.2, 0) is 20.7 Å². The lowest BCUT2D eigenvalue weighted by molar-refractivity contribution is -0.126. The molecule has 2 aliphatic heterocycles. The second-order valence-electron chi connectivity index (χ2n) is 7.17. The average molecular weight is 431 g/mol. The zero-order chi connectivity index (χ0) is 20.9. The first-order valence-corrected chi connectivity index (χ1v) is 10.9. The maximum Gasteiger partial charge on any atom is 0.248 e. The van der Waals surface area contributed by atoms with Crippen LogP contribution in [0.5, 0.6) is 0 Å². The van der Waals surface area contributed by atoms with Crippen LogP contribution in [-0.4, -0.2) is 60.1 Å². The minimum Gasteiger partial charge on any atom is -0.378 e. The van der Waals surface area contributed by atoms with Gasteiger partial charge in [-0.25, -0.2) is 9.37 Å². The number of thioether (sulfide) groups is 1. The van der Waals surface area contributed by atoms with Crippen LogP contribution in [0, 0.1) is 5.82 Å². The number of nitrogens with one attached hydrogen (secondary N) is 2. The molecule has 2 fully saturated rings. The van der Waals surface area contributed by atoms with Crippen LogP contribution < -0.4 is 15.5 Å². The van der Waals surface area contributed by atoms with Crippen molar-refractivity contribution in [3.05, 3.63) is 54.0 Å². The monoisotopic (exact) mass is 430 g/mol. The molecule has 30 heavy (non-hydrogen) atoms. The second-order valence-corrected chi connectivity index (χ2v) is 8.40. The molecule has 2 aliphatic rings. The van der Waals surface area contributed by atoms with Crippen molar-refractivity contribution in [1.29, 1.82) is 0 Å². The Labute approximate surface area is 178 Å². The van der Waals surface area contributed by atoms with E-state index in [2.05, 4.69) is 20.5 Å². The average Bonchev–Trinajstić information content (AvgIpc) is 2.77. The van der Waals surface area contributed by atoms with Gasteiger partial charge >= 0.3 is 0 Å². The highest BCUT2D eigenvalue weighted by atomic mass is 32.2. The topological polar surface area (TPSA) is 83.6 Å². The van der Waals surface area contributed by atoms with Crippen molar-refractivity contribution in [2.75, 3.05) is 42.3 Å². The highest BCUT2D eigenvalue weighted by molar-refractivity contribution is 8.00. The molecule has 4 rings (SSSR count). The summed E-state index contributed by atoms with van der Waals surface area (Å²) in [7, 11) is 0. The van der Waals surface area contributed by atoms with Crippen LogP contribution in [0.1, 0.15) is 5.56 Å². The number of anilines is 2. The number of carbonyl (C=O) groups excluding carboxylic acids is 2. The van der Waals surface area contributed by atoms with Crippen LogP contribution >= 0.6 is 11.8 Å². The molecular formula is C21H23FN4O3S. The van der Waals surface area contributed by atoms with Crippen molar-refractivity contribution in [2.45, 2.75) is 17.7 Å². The van der Waals surface area contributed by atoms with Gasteiger partial charge in [-0.05, 0) is 30.2 Å². The van der Waals surface area contributed by atoms with Gasteiger partial charge in [0, 0.05) is 18.8 Å². The largest absolute Gasteiger partial charge is 0.378 e. The third-order valence-electron chi connectivity index (χ3n) is 5.13. The number of halogens is 1. The van der Waals surface area contributed by atoms with Crippen molar-refractivity contribution in [3.63, 3.8) is 0 Å². The lowest BCUT2D eigenvalue weighted by Crippen LogP contribution is -2.52. The summed E-state index contributed by atoms with van der Waals surface area (Å²) in [5.41, 5.74) is 1.48. The standard InChI is InChI=1S/C21H23FN4O3S/c22-16-4-2-1-3-14(16)11-18-21(28)24-17(13-30-18)20(27)25-19-6-5-15(12-23-19)26-7-9-29-10-8-26/h1-6,12,17-18H,7-11,13H2,(H,24,28)(H,23,25,27)/t17-,18-/m1/s1. The molecule has 0 bridgehead atoms. The summed E-state index contributed by atoms with van der Waals surface area (Å²) in [6, 6.07) is 9.43. The van der Waals surface area contributed by atoms with Gasteiger partial charge in [-0.15, -0.1) is 11.8 Å². The molecule has 0 spiro atoms. The summed E-state index contributed by atoms with van der Waals surface area (Å²) in [5.74, 6) is -0.0399. The van der Waals surface area contributed by atoms with E-state index in [0.717, 1.165) is 18.8 Å². The summed E-state index contributed by atoms with van der Waals surface area (Å²) < 4.78 is 19.2. The van der Waals surface area contributed by atoms with Gasteiger partial charge in [-0.2, -0.15) is 0 Å². The molecule has 1 aromatic carbocycles. The zero-order valence-electron chi connectivity index (χ0n) is 16.3. The van der Waals surface area contributed by atoms with E-state index in [1.165, 1.54) is 17.8 Å². The van der Waals surface area contributed by atoms with Gasteiger partial charge in [-0.3, -0.25) is 9.59 Å². The smallest absolute Gasteiger partial charge is 0.248 e. The quantitative estimate of drug-likeness (QED) is 0.753. The minimum atomic E-state index is -0.653. The molecule has 2 atom stereocenters. The number of aromatic nitrogens is 1. The van der Waals surface area contributed by atoms with Crippen LogP contribution in [0.2, 0.25) is 0 Å². The molecule has 2 N–H and O–H groups in total. The zero-order valence-corrected chi connectivity index (χ0v) is 17.2. The Kier molecular flexibility index (Phi) is 6.49. The summed E-state index contributed by atoms with van der Waals surface area (Å²) in [6.45, 7) is 3.00. The maximum atomic E-state index is 13.8. The molecule has 3 heterocycles. The van der Waals surface area contributed by atoms with E-state index in [4.69, 9.17) is 4.74 Å². The van der Waals surface area contributed by atoms with Crippen molar-refractivity contribution < 1.29 is 18.7 Å². The molecule has 2 amide bonds. The fourth-order valence-corrected chi connectivity index (χ4v) is 4.61. The second kappa shape index (κ2) is 9.44. The first kappa shape index (κ1) is 20.6. The normalized spacial score (nSPS) is 21.8. The van der Waals surface area contributed by atoms with Gasteiger partial charge in [0.25, 0.3) is 0 Å². The number of benzene rings is 1. The van der Waals surface area contributed by atoms with Crippen molar-refractivity contribution in [3.8, 4) is 0 Å². The van der Waals surface area contributed by atoms with E-state index < -0.39 is 11.3 Å². The van der Waals surface area contributed by atoms with Crippen LogP contribution in [0.4, 0.5) is 15.9 Å². The molecule has 0 radical (unpaired) electrons. The molecule has 2 saturated heterocycles. The summed E-state index contributed by atoms with van der Waals surface area (Å²) >= 11 is 1.36. The number of hydrogen-bond acceptors (Lipinski definition) is 6. The van der Waals surface area contributed by atoms with Crippen molar-refractivity contribution in [2.24, 2.45) is 0 Å². The Morgan fingerprint density at radius 2 is 2.07 bits per heavy atom. The molecule has 0 saturated carbocycles. The maximum absolute atomic E-state index is 13.8. The van der Waals surface area contributed by atoms with Crippen molar-refractivity contribution >= 4 is 35.1 Å². The van der Waals surface area contributed by atoms with Crippen LogP contribution in [0.15, 0.2) is 42.6 Å². The highest BCUT2D eigenvalue weighted by Crippen LogP contribution is 2.24. The third-order valence-corrected chi connectivity index (χ3v) is 6.44. The summed E-state index contributed by atoms with van der Waals surface area (Å²) in [4.78, 5) is 31.5. The van der Waals surface area contributed by atoms with Crippen LogP contribution in [0.3, 0.4) is 0 Å². The molecule has 158 valence electrons. The molecule has 0 unspecified atom stereocenters. The summed E-state index contributed by atoms with van der Waals surface area (Å²) in [5, 5.41) is 5.08. The Morgan fingerprint density at radius 3 is 2.77 bits per heavy atom. The third kappa shape index (κ3) is 4.91. The molecule has 9 heteroatoms. The Balaban J connectivity index is 1.30. The Bertz CT molecular complexity index is 905. The van der Waals surface area contributed by atoms with E-state index in [1.54, 1.807) is 30.5 Å². The number of rotatable bonds is 5. The van der Waals surface area contributed by atoms with E-state index in [9.17, 15) is 14.0 Å². The minimum absolute atomic E-state index is 0.259. The van der Waals surface area contributed by atoms with E-state index in [0.29, 0.717) is 36.8 Å². The number of hydrogen-bond donors (Lipinski definition) is 2. The predicted octanol–water partition coefficient (Wildman–Crippen LogP) is 1.84. The summed E-state index contributed by atoms with van der Waals surface area (Å²) in [6.07, 6.45) is 2.02. The number of carbonyl (C=O) groups is 2. The fourth-order valence-electron chi connectivity index (χ4n) is 3.43. The van der Waals surface area contributed by atoms with E-state index >= 15 is 0 Å². The van der Waals surface area contributed by atoms with E-state index in [-0.39, 0.29) is 17.6 Å². The fraction of sp³-hybridized carbons (Fsp3) is 0.381. The van der Waals surface area contributed by atoms with Crippen LogP contribution in [0.25, 0.3) is 0 Å². The molecule has 1 aromatic heterocycles. The van der Waals surface area contributed by atoms with Gasteiger partial charge < -0.3 is 20.3 Å². The van der Waals surface area contributed by atoms with Gasteiger partial charge in [0.1, 0.15) is 17.7 Å². The number of morpholine rings is 1. The van der Waals surface area contributed by atoms with Gasteiger partial charge in [0.15, 0.2) is 0 Å². The number of ether oxygens (including phenoxy) is 1. The highest BCUT2D eigenvalue weighted by Gasteiger charge is 2.33. The first-order valence-electron chi connectivity index (χ1n) is 9.85. The lowest BCUT2D eigenvalue weighted by Gasteiger charge is -2.29. The number of nitrogens with zero attached hydrogens (tertiary/aromatic N) is 2. The number of amides is 2. The van der Waals surface area contributed by atoms with Crippen molar-refractivity contribution in [1.82, 2.24) is 10.3 Å². The molecule has 7 nitrogen and oxygen atoms in total. The van der Waals surface area contributed by atoms with E-state index in [1.807, 2.05) is 6.07 Å². The molecular weight excluding hydrogens is 407 g/mol. The first-order chi connectivity index (χ1) is 14.6. The van der Waals surface area contributed by atoms with Gasteiger partial charge in [0.05, 0.1) is 30.3 Å². The SMILES string of the molecule is O=C(Nc1ccc(N2CCOCC2)cn1)[C@H]1CS[C@H](Cc2ccccc2F)C(=O)N1. The molecule has 0 aliphatic carbocycles. The lowest BCUT2D eigenvalue weighted by atomic mass is 10.1. The van der Waals surface area contributed by atoms with Gasteiger partial charge in [0.2, 0.25) is 11.8 Å². The Hall–Kier alpha value is -2.65. The van der Waals surface area contributed by atoms with Gasteiger partial charge in [-0.1, -0.05) is 18.2 Å².